The van der Waals surface area contributed by atoms with Crippen LogP contribution in [0.25, 0.3) is 0 Å². The second-order valence-electron chi connectivity index (χ2n) is 7.71. The first-order chi connectivity index (χ1) is 14.8. The van der Waals surface area contributed by atoms with Gasteiger partial charge in [-0.05, 0) is 17.4 Å². The third kappa shape index (κ3) is 4.88. The molecule has 2 heterocycles. The molecule has 1 fully saturated rings. The molecule has 1 unspecified atom stereocenters. The number of hydrogen-bond acceptors (Lipinski definition) is 10. The van der Waals surface area contributed by atoms with E-state index in [9.17, 15) is 8.78 Å². The lowest BCUT2D eigenvalue weighted by atomic mass is 9.88. The third-order valence-electron chi connectivity index (χ3n) is 5.10. The highest BCUT2D eigenvalue weighted by Gasteiger charge is 2.49. The normalized spacial score (nSPS) is 17.3. The van der Waals surface area contributed by atoms with Crippen LogP contribution in [-0.2, 0) is 9.47 Å². The van der Waals surface area contributed by atoms with Crippen molar-refractivity contribution in [2.45, 2.75) is 43.3 Å². The Kier molecular flexibility index (Phi) is 6.96. The molecule has 1 aliphatic carbocycles. The Morgan fingerprint density at radius 3 is 2.19 bits per heavy atom. The lowest BCUT2D eigenvalue weighted by Crippen LogP contribution is -2.52. The molecule has 11 nitrogen and oxygen atoms in total. The highest BCUT2D eigenvalue weighted by atomic mass is 19.3. The van der Waals surface area contributed by atoms with Gasteiger partial charge in [0.1, 0.15) is 17.9 Å². The first-order valence-electron chi connectivity index (χ1n) is 9.61. The molecule has 31 heavy (non-hydrogen) atoms. The number of tetrazole rings is 1. The maximum Gasteiger partial charge on any atom is 0.252 e. The summed E-state index contributed by atoms with van der Waals surface area (Å²) in [4.78, 5) is 8.35. The zero-order valence-corrected chi connectivity index (χ0v) is 18.1. The molecule has 172 valence electrons. The Hall–Kier alpha value is -2.51. The number of halogens is 2. The average molecular weight is 443 g/mol. The van der Waals surface area contributed by atoms with E-state index in [2.05, 4.69) is 30.8 Å². The molecule has 1 saturated carbocycles. The van der Waals surface area contributed by atoms with Crippen molar-refractivity contribution >= 4 is 0 Å². The highest BCUT2D eigenvalue weighted by Crippen LogP contribution is 2.46. The largest absolute Gasteiger partial charge is 0.481 e. The first-order valence-corrected chi connectivity index (χ1v) is 9.61. The fourth-order valence-corrected chi connectivity index (χ4v) is 3.77. The molecule has 0 aliphatic heterocycles. The Balaban J connectivity index is 2.11. The van der Waals surface area contributed by atoms with Crippen LogP contribution in [0, 0.1) is 0 Å². The molecular formula is C18H27F2N7O4. The van der Waals surface area contributed by atoms with Crippen molar-refractivity contribution in [1.29, 1.82) is 0 Å². The number of aromatic nitrogens is 6. The number of rotatable bonds is 11. The van der Waals surface area contributed by atoms with Gasteiger partial charge in [0, 0.05) is 27.1 Å². The summed E-state index contributed by atoms with van der Waals surface area (Å²) in [5, 5.41) is 15.3. The number of ether oxygens (including phenoxy) is 4. The molecule has 0 bridgehead atoms. The molecule has 1 aliphatic rings. The minimum atomic E-state index is -2.73. The van der Waals surface area contributed by atoms with Gasteiger partial charge in [-0.3, -0.25) is 5.32 Å². The van der Waals surface area contributed by atoms with Crippen LogP contribution in [0.5, 0.6) is 11.8 Å². The molecule has 2 aromatic rings. The lowest BCUT2D eigenvalue weighted by molar-refractivity contribution is -0.108. The minimum absolute atomic E-state index is 0.232. The summed E-state index contributed by atoms with van der Waals surface area (Å²) in [5.41, 5.74) is -0.284. The Morgan fingerprint density at radius 1 is 1.13 bits per heavy atom. The molecule has 0 spiro atoms. The van der Waals surface area contributed by atoms with Crippen molar-refractivity contribution in [3.05, 3.63) is 17.7 Å². The molecule has 0 amide bonds. The van der Waals surface area contributed by atoms with Crippen molar-refractivity contribution in [2.75, 3.05) is 41.7 Å². The second kappa shape index (κ2) is 9.32. The van der Waals surface area contributed by atoms with Crippen molar-refractivity contribution in [1.82, 2.24) is 35.5 Å². The van der Waals surface area contributed by atoms with Crippen LogP contribution in [0.4, 0.5) is 8.78 Å². The van der Waals surface area contributed by atoms with Gasteiger partial charge in [0.25, 0.3) is 5.92 Å². The monoisotopic (exact) mass is 443 g/mol. The van der Waals surface area contributed by atoms with Gasteiger partial charge in [-0.2, -0.15) is 0 Å². The van der Waals surface area contributed by atoms with Crippen LogP contribution < -0.4 is 14.8 Å². The molecule has 13 heteroatoms. The number of nitrogens with one attached hydrogen (secondary N) is 1. The van der Waals surface area contributed by atoms with Gasteiger partial charge >= 0.3 is 0 Å². The van der Waals surface area contributed by atoms with Gasteiger partial charge in [0.15, 0.2) is 5.82 Å². The highest BCUT2D eigenvalue weighted by molar-refractivity contribution is 5.41. The van der Waals surface area contributed by atoms with E-state index in [0.717, 1.165) is 0 Å². The first kappa shape index (κ1) is 23.2. The van der Waals surface area contributed by atoms with E-state index in [4.69, 9.17) is 18.9 Å². The zero-order valence-electron chi connectivity index (χ0n) is 18.1. The Morgan fingerprint density at radius 2 is 1.71 bits per heavy atom. The van der Waals surface area contributed by atoms with Crippen molar-refractivity contribution < 1.29 is 27.7 Å². The molecule has 0 saturated heterocycles. The van der Waals surface area contributed by atoms with Crippen LogP contribution in [0.15, 0.2) is 6.33 Å². The van der Waals surface area contributed by atoms with Gasteiger partial charge in [-0.25, -0.2) is 23.4 Å². The summed E-state index contributed by atoms with van der Waals surface area (Å²) in [6.07, 6.45) is 0.618. The van der Waals surface area contributed by atoms with Crippen molar-refractivity contribution in [3.8, 4) is 11.8 Å². The standard InChI is InChI=1S/C18H27F2N7O4/c1-17(8-28-2,9-29-3)23-13(12-15(30-4)21-10-22-16(12)31-5)14-24-25-26-27(14)11-6-18(19,20)7-11/h10-11,13,23H,6-9H2,1-5H3. The van der Waals surface area contributed by atoms with E-state index < -0.39 is 23.5 Å². The average Bonchev–Trinajstić information content (AvgIpc) is 3.19. The maximum atomic E-state index is 13.6. The Bertz CT molecular complexity index is 846. The van der Waals surface area contributed by atoms with E-state index in [-0.39, 0.29) is 37.8 Å². The van der Waals surface area contributed by atoms with Gasteiger partial charge in [0.05, 0.1) is 39.0 Å². The molecule has 3 rings (SSSR count). The molecule has 1 N–H and O–H groups in total. The number of nitrogens with zero attached hydrogens (tertiary/aromatic N) is 6. The molecule has 0 aromatic carbocycles. The number of hydrogen-bond donors (Lipinski definition) is 1. The summed E-state index contributed by atoms with van der Waals surface area (Å²) in [6.45, 7) is 2.44. The SMILES string of the molecule is COCC(C)(COC)NC(c1c(OC)ncnc1OC)c1nnnn1C1CC(F)(F)C1. The lowest BCUT2D eigenvalue weighted by Gasteiger charge is -2.37. The predicted octanol–water partition coefficient (Wildman–Crippen LogP) is 1.18. The van der Waals surface area contributed by atoms with Crippen LogP contribution in [0.2, 0.25) is 0 Å². The van der Waals surface area contributed by atoms with E-state index >= 15 is 0 Å². The smallest absolute Gasteiger partial charge is 0.252 e. The van der Waals surface area contributed by atoms with Crippen molar-refractivity contribution in [3.63, 3.8) is 0 Å². The number of methoxy groups -OCH3 is 4. The fraction of sp³-hybridized carbons (Fsp3) is 0.722. The van der Waals surface area contributed by atoms with Gasteiger partial charge < -0.3 is 18.9 Å². The fourth-order valence-electron chi connectivity index (χ4n) is 3.77. The quantitative estimate of drug-likeness (QED) is 0.542. The molecule has 2 aromatic heterocycles. The van der Waals surface area contributed by atoms with Crippen molar-refractivity contribution in [2.24, 2.45) is 0 Å². The molecular weight excluding hydrogens is 416 g/mol. The summed E-state index contributed by atoms with van der Waals surface area (Å²) in [7, 11) is 6.05. The summed E-state index contributed by atoms with van der Waals surface area (Å²) < 4.78 is 50.1. The van der Waals surface area contributed by atoms with E-state index in [1.807, 2.05) is 6.92 Å². The third-order valence-corrected chi connectivity index (χ3v) is 5.10. The molecule has 1 atom stereocenters. The zero-order chi connectivity index (χ0) is 22.6. The topological polar surface area (TPSA) is 118 Å². The summed E-state index contributed by atoms with van der Waals surface area (Å²) in [6, 6.07) is -1.31. The molecule has 0 radical (unpaired) electrons. The van der Waals surface area contributed by atoms with E-state index in [1.54, 1.807) is 14.2 Å². The summed E-state index contributed by atoms with van der Waals surface area (Å²) >= 11 is 0. The predicted molar refractivity (Wildman–Crippen MR) is 103 cm³/mol. The van der Waals surface area contributed by atoms with Gasteiger partial charge in [0.2, 0.25) is 11.8 Å². The summed E-state index contributed by atoms with van der Waals surface area (Å²) in [5.74, 6) is -1.97. The maximum absolute atomic E-state index is 13.6. The van der Waals surface area contributed by atoms with E-state index in [1.165, 1.54) is 25.2 Å². The van der Waals surface area contributed by atoms with Gasteiger partial charge in [-0.1, -0.05) is 0 Å². The second-order valence-corrected chi connectivity index (χ2v) is 7.71. The van der Waals surface area contributed by atoms with Crippen LogP contribution >= 0.6 is 0 Å². The van der Waals surface area contributed by atoms with Gasteiger partial charge in [-0.15, -0.1) is 5.10 Å². The number of alkyl halides is 2. The Labute approximate surface area is 178 Å². The van der Waals surface area contributed by atoms with Crippen LogP contribution in [-0.4, -0.2) is 83.3 Å². The van der Waals surface area contributed by atoms with Crippen LogP contribution in [0.3, 0.4) is 0 Å². The van der Waals surface area contributed by atoms with E-state index in [0.29, 0.717) is 11.4 Å². The minimum Gasteiger partial charge on any atom is -0.481 e. The van der Waals surface area contributed by atoms with Crippen LogP contribution in [0.1, 0.15) is 43.2 Å².